The Hall–Kier alpha value is -1.89. The summed E-state index contributed by atoms with van der Waals surface area (Å²) in [6, 6.07) is 12.3. The third-order valence-electron chi connectivity index (χ3n) is 4.62. The zero-order valence-electron chi connectivity index (χ0n) is 14.3. The van der Waals surface area contributed by atoms with E-state index in [4.69, 9.17) is 23.8 Å². The molecule has 3 nitrogen and oxygen atoms in total. The molecule has 2 heterocycles. The van der Waals surface area contributed by atoms with Crippen molar-refractivity contribution in [2.24, 2.45) is 0 Å². The van der Waals surface area contributed by atoms with Crippen LogP contribution in [0.4, 0.5) is 15.8 Å². The summed E-state index contributed by atoms with van der Waals surface area (Å²) in [5.74, 6) is -0.754. The number of nitrogens with zero attached hydrogens (tertiary/aromatic N) is 2. The molecule has 2 saturated heterocycles. The van der Waals surface area contributed by atoms with Gasteiger partial charge in [0.05, 0.1) is 15.6 Å². The zero-order valence-corrected chi connectivity index (χ0v) is 16.7. The second-order valence-electron chi connectivity index (χ2n) is 6.40. The summed E-state index contributed by atoms with van der Waals surface area (Å²) in [5, 5.41) is -0.0389. The van der Waals surface area contributed by atoms with Crippen LogP contribution in [0.2, 0.25) is 5.02 Å². The average molecular weight is 419 g/mol. The molecule has 4 rings (SSSR count). The molecule has 27 heavy (non-hydrogen) atoms. The summed E-state index contributed by atoms with van der Waals surface area (Å²) in [6.07, 6.45) is 4.30. The maximum atomic E-state index is 13.4. The molecule has 2 aromatic carbocycles. The Bertz CT molecular complexity index is 939. The van der Waals surface area contributed by atoms with E-state index >= 15 is 0 Å². The number of hydrogen-bond donors (Lipinski definition) is 0. The lowest BCUT2D eigenvalue weighted by Crippen LogP contribution is -2.27. The van der Waals surface area contributed by atoms with Gasteiger partial charge in [0, 0.05) is 18.8 Å². The lowest BCUT2D eigenvalue weighted by Gasteiger charge is -2.17. The van der Waals surface area contributed by atoms with Gasteiger partial charge >= 0.3 is 0 Å². The number of amides is 1. The summed E-state index contributed by atoms with van der Waals surface area (Å²) in [7, 11) is 0. The highest BCUT2D eigenvalue weighted by atomic mass is 35.5. The first-order valence-corrected chi connectivity index (χ1v) is 10.2. The Labute approximate surface area is 171 Å². The lowest BCUT2D eigenvalue weighted by molar-refractivity contribution is -0.113. The number of thioether (sulfide) groups is 1. The quantitative estimate of drug-likeness (QED) is 0.486. The van der Waals surface area contributed by atoms with Crippen LogP contribution in [0, 0.1) is 5.82 Å². The van der Waals surface area contributed by atoms with Crippen molar-refractivity contribution in [1.29, 1.82) is 0 Å². The SMILES string of the molecule is O=C1/C(=C\c2ccc(N3CCCC3)cc2)SC(=S)N1c1ccc(F)c(Cl)c1. The Morgan fingerprint density at radius 2 is 1.74 bits per heavy atom. The number of benzene rings is 2. The molecule has 0 aliphatic carbocycles. The number of anilines is 2. The number of carbonyl (C=O) groups is 1. The van der Waals surface area contributed by atoms with Gasteiger partial charge in [0.2, 0.25) is 0 Å². The van der Waals surface area contributed by atoms with Gasteiger partial charge in [0.15, 0.2) is 4.32 Å². The predicted octanol–water partition coefficient (Wildman–Crippen LogP) is 5.49. The lowest BCUT2D eigenvalue weighted by atomic mass is 10.1. The first-order chi connectivity index (χ1) is 13.0. The van der Waals surface area contributed by atoms with E-state index in [0.717, 1.165) is 18.7 Å². The maximum Gasteiger partial charge on any atom is 0.270 e. The molecule has 0 unspecified atom stereocenters. The van der Waals surface area contributed by atoms with Crippen LogP contribution in [0.15, 0.2) is 47.4 Å². The molecule has 0 radical (unpaired) electrons. The Morgan fingerprint density at radius 3 is 2.41 bits per heavy atom. The van der Waals surface area contributed by atoms with Crippen LogP contribution in [0.1, 0.15) is 18.4 Å². The maximum absolute atomic E-state index is 13.4. The third kappa shape index (κ3) is 3.74. The predicted molar refractivity (Wildman–Crippen MR) is 115 cm³/mol. The monoisotopic (exact) mass is 418 g/mol. The normalized spacial score (nSPS) is 18.8. The fourth-order valence-electron chi connectivity index (χ4n) is 3.22. The highest BCUT2D eigenvalue weighted by molar-refractivity contribution is 8.27. The number of rotatable bonds is 3. The highest BCUT2D eigenvalue weighted by Crippen LogP contribution is 2.37. The smallest absolute Gasteiger partial charge is 0.270 e. The molecule has 0 N–H and O–H groups in total. The van der Waals surface area contributed by atoms with E-state index in [0.29, 0.717) is 14.9 Å². The van der Waals surface area contributed by atoms with Crippen LogP contribution >= 0.6 is 35.6 Å². The van der Waals surface area contributed by atoms with Crippen LogP contribution in [-0.4, -0.2) is 23.3 Å². The van der Waals surface area contributed by atoms with Gasteiger partial charge < -0.3 is 4.90 Å². The van der Waals surface area contributed by atoms with Crippen LogP contribution in [0.25, 0.3) is 6.08 Å². The topological polar surface area (TPSA) is 23.6 Å². The second kappa shape index (κ2) is 7.62. The van der Waals surface area contributed by atoms with Gasteiger partial charge in [-0.05, 0) is 54.8 Å². The van der Waals surface area contributed by atoms with Crippen molar-refractivity contribution in [2.45, 2.75) is 12.8 Å². The number of hydrogen-bond acceptors (Lipinski definition) is 4. The summed E-state index contributed by atoms with van der Waals surface area (Å²) in [5.41, 5.74) is 2.62. The molecule has 7 heteroatoms. The molecular weight excluding hydrogens is 403 g/mol. The van der Waals surface area contributed by atoms with E-state index in [1.54, 1.807) is 0 Å². The molecule has 0 atom stereocenters. The fraction of sp³-hybridized carbons (Fsp3) is 0.200. The van der Waals surface area contributed by atoms with Crippen molar-refractivity contribution in [3.8, 4) is 0 Å². The molecule has 1 amide bonds. The third-order valence-corrected chi connectivity index (χ3v) is 6.21. The largest absolute Gasteiger partial charge is 0.372 e. The van der Waals surface area contributed by atoms with E-state index in [-0.39, 0.29) is 10.9 Å². The minimum absolute atomic E-state index is 0.0389. The zero-order chi connectivity index (χ0) is 19.0. The molecule has 2 aliphatic rings. The van der Waals surface area contributed by atoms with Gasteiger partial charge in [0.1, 0.15) is 5.82 Å². The van der Waals surface area contributed by atoms with Crippen molar-refractivity contribution in [3.63, 3.8) is 0 Å². The molecular formula is C20H16ClFN2OS2. The first kappa shape index (κ1) is 18.5. The standard InChI is InChI=1S/C20H16ClFN2OS2/c21-16-12-15(7-8-17(16)22)24-19(25)18(27-20(24)26)11-13-3-5-14(6-4-13)23-9-1-2-10-23/h3-8,11-12H,1-2,9-10H2/b18-11+. The van der Waals surface area contributed by atoms with Crippen LogP contribution in [0.3, 0.4) is 0 Å². The van der Waals surface area contributed by atoms with Gasteiger partial charge in [-0.3, -0.25) is 9.69 Å². The fourth-order valence-corrected chi connectivity index (χ4v) is 4.70. The molecule has 138 valence electrons. The number of thiocarbonyl (C=S) groups is 1. The van der Waals surface area contributed by atoms with Gasteiger partial charge in [-0.2, -0.15) is 0 Å². The Balaban J connectivity index is 1.56. The molecule has 0 aromatic heterocycles. The van der Waals surface area contributed by atoms with E-state index < -0.39 is 5.82 Å². The molecule has 2 aliphatic heterocycles. The molecule has 0 saturated carbocycles. The molecule has 2 aromatic rings. The van der Waals surface area contributed by atoms with Crippen molar-refractivity contribution >= 4 is 63.3 Å². The summed E-state index contributed by atoms with van der Waals surface area (Å²) in [6.45, 7) is 2.19. The Morgan fingerprint density at radius 1 is 1.07 bits per heavy atom. The van der Waals surface area contributed by atoms with E-state index in [1.165, 1.54) is 53.4 Å². The van der Waals surface area contributed by atoms with Gasteiger partial charge in [0.25, 0.3) is 5.91 Å². The van der Waals surface area contributed by atoms with Crippen LogP contribution in [-0.2, 0) is 4.79 Å². The van der Waals surface area contributed by atoms with Gasteiger partial charge in [-0.1, -0.05) is 47.7 Å². The first-order valence-electron chi connectivity index (χ1n) is 8.61. The minimum Gasteiger partial charge on any atom is -0.372 e. The average Bonchev–Trinajstić information content (AvgIpc) is 3.28. The summed E-state index contributed by atoms with van der Waals surface area (Å²) >= 11 is 12.4. The van der Waals surface area contributed by atoms with Crippen molar-refractivity contribution in [1.82, 2.24) is 0 Å². The van der Waals surface area contributed by atoms with Crippen molar-refractivity contribution in [3.05, 3.63) is 63.8 Å². The van der Waals surface area contributed by atoms with Crippen molar-refractivity contribution in [2.75, 3.05) is 22.9 Å². The summed E-state index contributed by atoms with van der Waals surface area (Å²) in [4.78, 5) is 17.1. The van der Waals surface area contributed by atoms with Crippen LogP contribution in [0.5, 0.6) is 0 Å². The van der Waals surface area contributed by atoms with E-state index in [2.05, 4.69) is 17.0 Å². The highest BCUT2D eigenvalue weighted by Gasteiger charge is 2.33. The number of halogens is 2. The van der Waals surface area contributed by atoms with E-state index in [1.807, 2.05) is 18.2 Å². The molecule has 2 fully saturated rings. The molecule has 0 spiro atoms. The summed E-state index contributed by atoms with van der Waals surface area (Å²) < 4.78 is 13.8. The Kier molecular flexibility index (Phi) is 5.21. The molecule has 0 bridgehead atoms. The number of carbonyl (C=O) groups excluding carboxylic acids is 1. The van der Waals surface area contributed by atoms with Gasteiger partial charge in [-0.15, -0.1) is 0 Å². The second-order valence-corrected chi connectivity index (χ2v) is 8.48. The minimum atomic E-state index is -0.528. The van der Waals surface area contributed by atoms with Crippen LogP contribution < -0.4 is 9.80 Å². The van der Waals surface area contributed by atoms with Crippen molar-refractivity contribution < 1.29 is 9.18 Å². The van der Waals surface area contributed by atoms with E-state index in [9.17, 15) is 9.18 Å². The van der Waals surface area contributed by atoms with Gasteiger partial charge in [-0.25, -0.2) is 4.39 Å².